The molecule has 0 saturated carbocycles. The van der Waals surface area contributed by atoms with Crippen LogP contribution in [0.1, 0.15) is 19.4 Å². The van der Waals surface area contributed by atoms with Crippen LogP contribution in [-0.4, -0.2) is 24.9 Å². The molecule has 2 rings (SSSR count). The number of carbonyl (C=O) groups excluding carboxylic acids is 2. The Hall–Kier alpha value is -2.18. The molecule has 0 bridgehead atoms. The van der Waals surface area contributed by atoms with Gasteiger partial charge in [0.2, 0.25) is 5.91 Å². The fraction of sp³-hybridized carbons (Fsp3) is 0.263. The number of anilines is 2. The first-order valence-electron chi connectivity index (χ1n) is 8.22. The zero-order valence-electron chi connectivity index (χ0n) is 14.4. The number of carbonyl (C=O) groups is 2. The number of likely N-dealkylation sites (N-methyl/N-ethyl adjacent to an activating group) is 1. The van der Waals surface area contributed by atoms with Gasteiger partial charge in [-0.3, -0.25) is 9.59 Å². The third kappa shape index (κ3) is 6.32. The van der Waals surface area contributed by atoms with Gasteiger partial charge in [-0.1, -0.05) is 34.1 Å². The summed E-state index contributed by atoms with van der Waals surface area (Å²) in [5.41, 5.74) is 2.61. The number of amides is 2. The molecule has 2 aromatic rings. The predicted octanol–water partition coefficient (Wildman–Crippen LogP) is 2.45. The quantitative estimate of drug-likeness (QED) is 0.663. The number of hydrogen-bond acceptors (Lipinski definition) is 2. The van der Waals surface area contributed by atoms with Crippen molar-refractivity contribution >= 4 is 39.1 Å². The van der Waals surface area contributed by atoms with Crippen LogP contribution in [0.3, 0.4) is 0 Å². The summed E-state index contributed by atoms with van der Waals surface area (Å²) in [4.78, 5) is 24.5. The zero-order valence-corrected chi connectivity index (χ0v) is 16.0. The molecule has 0 aliphatic carbocycles. The summed E-state index contributed by atoms with van der Waals surface area (Å²) in [6.45, 7) is 5.57. The van der Waals surface area contributed by atoms with Gasteiger partial charge in [-0.15, -0.1) is 0 Å². The molecule has 5 nitrogen and oxygen atoms in total. The SMILES string of the molecule is CC[NH+](CC(=O)Nc1ccc(NC(C)=O)cc1)Cc1ccccc1Br. The van der Waals surface area contributed by atoms with E-state index in [4.69, 9.17) is 0 Å². The molecule has 1 unspecified atom stereocenters. The molecular formula is C19H23BrN3O2+. The fourth-order valence-electron chi connectivity index (χ4n) is 2.50. The Morgan fingerprint density at radius 1 is 1.00 bits per heavy atom. The van der Waals surface area contributed by atoms with Crippen molar-refractivity contribution in [2.24, 2.45) is 0 Å². The number of nitrogens with one attached hydrogen (secondary N) is 3. The Kier molecular flexibility index (Phi) is 7.16. The van der Waals surface area contributed by atoms with Gasteiger partial charge >= 0.3 is 0 Å². The van der Waals surface area contributed by atoms with E-state index in [-0.39, 0.29) is 11.8 Å². The lowest BCUT2D eigenvalue weighted by molar-refractivity contribution is -0.904. The van der Waals surface area contributed by atoms with Crippen molar-refractivity contribution < 1.29 is 14.5 Å². The lowest BCUT2D eigenvalue weighted by Gasteiger charge is -2.18. The van der Waals surface area contributed by atoms with Crippen LogP contribution in [-0.2, 0) is 16.1 Å². The zero-order chi connectivity index (χ0) is 18.2. The molecule has 0 aliphatic rings. The van der Waals surface area contributed by atoms with E-state index in [1.54, 1.807) is 24.3 Å². The summed E-state index contributed by atoms with van der Waals surface area (Å²) in [6, 6.07) is 15.2. The minimum absolute atomic E-state index is 0.0313. The summed E-state index contributed by atoms with van der Waals surface area (Å²) in [6.07, 6.45) is 0. The van der Waals surface area contributed by atoms with E-state index < -0.39 is 0 Å². The maximum Gasteiger partial charge on any atom is 0.279 e. The fourth-order valence-corrected chi connectivity index (χ4v) is 2.92. The third-order valence-corrected chi connectivity index (χ3v) is 4.57. The molecule has 0 spiro atoms. The van der Waals surface area contributed by atoms with Crippen LogP contribution in [0, 0.1) is 0 Å². The second-order valence-electron chi connectivity index (χ2n) is 5.86. The highest BCUT2D eigenvalue weighted by Crippen LogP contribution is 2.15. The topological polar surface area (TPSA) is 62.6 Å². The highest BCUT2D eigenvalue weighted by atomic mass is 79.9. The van der Waals surface area contributed by atoms with Gasteiger partial charge in [0, 0.05) is 28.3 Å². The lowest BCUT2D eigenvalue weighted by atomic mass is 10.2. The summed E-state index contributed by atoms with van der Waals surface area (Å²) in [7, 11) is 0. The van der Waals surface area contributed by atoms with Crippen LogP contribution in [0.15, 0.2) is 53.0 Å². The van der Waals surface area contributed by atoms with Crippen LogP contribution < -0.4 is 15.5 Å². The number of halogens is 1. The molecule has 2 amide bonds. The average Bonchev–Trinajstić information content (AvgIpc) is 2.57. The van der Waals surface area contributed by atoms with Crippen molar-refractivity contribution in [1.29, 1.82) is 0 Å². The van der Waals surface area contributed by atoms with E-state index in [1.807, 2.05) is 18.2 Å². The maximum absolute atomic E-state index is 12.3. The van der Waals surface area contributed by atoms with Crippen molar-refractivity contribution in [2.75, 3.05) is 23.7 Å². The third-order valence-electron chi connectivity index (χ3n) is 3.80. The Balaban J connectivity index is 1.91. The van der Waals surface area contributed by atoms with E-state index in [9.17, 15) is 9.59 Å². The van der Waals surface area contributed by atoms with Crippen molar-refractivity contribution in [3.8, 4) is 0 Å². The van der Waals surface area contributed by atoms with Crippen LogP contribution in [0.5, 0.6) is 0 Å². The standard InChI is InChI=1S/C19H22BrN3O2/c1-3-23(12-15-6-4-5-7-18(15)20)13-19(25)22-17-10-8-16(9-11-17)21-14(2)24/h4-11H,3,12-13H2,1-2H3,(H,21,24)(H,22,25)/p+1. The largest absolute Gasteiger partial charge is 0.326 e. The van der Waals surface area contributed by atoms with Gasteiger partial charge in [0.15, 0.2) is 6.54 Å². The maximum atomic E-state index is 12.3. The molecule has 0 fully saturated rings. The first-order valence-corrected chi connectivity index (χ1v) is 9.01. The Bertz CT molecular complexity index is 732. The van der Waals surface area contributed by atoms with Gasteiger partial charge in [0.05, 0.1) is 6.54 Å². The Morgan fingerprint density at radius 2 is 1.60 bits per heavy atom. The first kappa shape index (κ1) is 19.1. The molecular weight excluding hydrogens is 382 g/mol. The van der Waals surface area contributed by atoms with Gasteiger partial charge in [-0.2, -0.15) is 0 Å². The summed E-state index contributed by atoms with van der Waals surface area (Å²) in [5.74, 6) is -0.151. The van der Waals surface area contributed by atoms with E-state index in [0.717, 1.165) is 23.2 Å². The molecule has 2 aromatic carbocycles. The second-order valence-corrected chi connectivity index (χ2v) is 6.71. The minimum Gasteiger partial charge on any atom is -0.326 e. The number of rotatable bonds is 7. The molecule has 25 heavy (non-hydrogen) atoms. The van der Waals surface area contributed by atoms with E-state index in [0.29, 0.717) is 12.2 Å². The van der Waals surface area contributed by atoms with Gasteiger partial charge in [0.25, 0.3) is 5.91 Å². The minimum atomic E-state index is -0.119. The number of benzene rings is 2. The van der Waals surface area contributed by atoms with E-state index >= 15 is 0 Å². The van der Waals surface area contributed by atoms with Gasteiger partial charge in [-0.25, -0.2) is 0 Å². The monoisotopic (exact) mass is 404 g/mol. The van der Waals surface area contributed by atoms with Crippen molar-refractivity contribution in [1.82, 2.24) is 0 Å². The van der Waals surface area contributed by atoms with Gasteiger partial charge in [0.1, 0.15) is 6.54 Å². The van der Waals surface area contributed by atoms with Crippen molar-refractivity contribution in [3.63, 3.8) is 0 Å². The average molecular weight is 405 g/mol. The highest BCUT2D eigenvalue weighted by molar-refractivity contribution is 9.10. The van der Waals surface area contributed by atoms with E-state index in [1.165, 1.54) is 17.4 Å². The molecule has 3 N–H and O–H groups in total. The van der Waals surface area contributed by atoms with Crippen LogP contribution in [0.4, 0.5) is 11.4 Å². The van der Waals surface area contributed by atoms with Gasteiger partial charge < -0.3 is 15.5 Å². The molecule has 0 saturated heterocycles. The molecule has 0 heterocycles. The molecule has 6 heteroatoms. The summed E-state index contributed by atoms with van der Waals surface area (Å²) >= 11 is 3.55. The van der Waals surface area contributed by atoms with E-state index in [2.05, 4.69) is 39.6 Å². The highest BCUT2D eigenvalue weighted by Gasteiger charge is 2.14. The summed E-state index contributed by atoms with van der Waals surface area (Å²) < 4.78 is 1.06. The van der Waals surface area contributed by atoms with Crippen LogP contribution >= 0.6 is 15.9 Å². The number of hydrogen-bond donors (Lipinski definition) is 3. The Morgan fingerprint density at radius 3 is 2.16 bits per heavy atom. The van der Waals surface area contributed by atoms with Crippen LogP contribution in [0.25, 0.3) is 0 Å². The molecule has 0 radical (unpaired) electrons. The summed E-state index contributed by atoms with van der Waals surface area (Å²) in [5, 5.41) is 5.60. The molecule has 1 atom stereocenters. The van der Waals surface area contributed by atoms with Gasteiger partial charge in [-0.05, 0) is 37.3 Å². The number of quaternary nitrogens is 1. The smallest absolute Gasteiger partial charge is 0.279 e. The predicted molar refractivity (Wildman–Crippen MR) is 104 cm³/mol. The lowest BCUT2D eigenvalue weighted by Crippen LogP contribution is -3.11. The molecule has 132 valence electrons. The second kappa shape index (κ2) is 9.34. The molecule has 0 aromatic heterocycles. The van der Waals surface area contributed by atoms with Crippen molar-refractivity contribution in [2.45, 2.75) is 20.4 Å². The normalized spacial score (nSPS) is 11.6. The van der Waals surface area contributed by atoms with Crippen molar-refractivity contribution in [3.05, 3.63) is 58.6 Å². The first-order chi connectivity index (χ1) is 12.0. The molecule has 0 aliphatic heterocycles. The van der Waals surface area contributed by atoms with Crippen LogP contribution in [0.2, 0.25) is 0 Å². The Labute approximate surface area is 156 Å².